The van der Waals surface area contributed by atoms with E-state index in [1.807, 2.05) is 37.1 Å². The molecule has 1 N–H and O–H groups in total. The number of benzene rings is 1. The van der Waals surface area contributed by atoms with Gasteiger partial charge in [0.05, 0.1) is 23.2 Å². The van der Waals surface area contributed by atoms with Crippen LogP contribution in [-0.4, -0.2) is 63.2 Å². The maximum Gasteiger partial charge on any atom is 0.255 e. The predicted molar refractivity (Wildman–Crippen MR) is 176 cm³/mol. The first kappa shape index (κ1) is 29.0. The molecule has 0 spiro atoms. The Morgan fingerprint density at radius 2 is 1.80 bits per heavy atom. The lowest BCUT2D eigenvalue weighted by atomic mass is 9.79. The molecule has 4 aromatic rings. The number of likely N-dealkylation sites (tertiary alicyclic amines) is 1. The number of para-hydroxylation sites is 1. The topological polar surface area (TPSA) is 77.5 Å². The molecule has 3 aliphatic rings. The van der Waals surface area contributed by atoms with Crippen molar-refractivity contribution >= 4 is 27.9 Å². The van der Waals surface area contributed by atoms with Crippen LogP contribution >= 0.6 is 11.3 Å². The Bertz CT molecular complexity index is 1730. The van der Waals surface area contributed by atoms with Crippen LogP contribution in [0.15, 0.2) is 53.6 Å². The van der Waals surface area contributed by atoms with Crippen molar-refractivity contribution in [1.82, 2.24) is 24.6 Å². The van der Waals surface area contributed by atoms with Crippen LogP contribution in [0.1, 0.15) is 80.8 Å². The van der Waals surface area contributed by atoms with Crippen molar-refractivity contribution in [3.63, 3.8) is 0 Å². The number of aryl methyl sites for hydroxylation is 2. The van der Waals surface area contributed by atoms with Crippen LogP contribution in [0.5, 0.6) is 0 Å². The molecule has 5 heterocycles. The fraction of sp³-hybridized carbons (Fsp3) is 0.457. The summed E-state index contributed by atoms with van der Waals surface area (Å²) in [6.07, 6.45) is 9.62. The summed E-state index contributed by atoms with van der Waals surface area (Å²) >= 11 is 1.75. The van der Waals surface area contributed by atoms with Crippen LogP contribution in [0.25, 0.3) is 0 Å². The number of rotatable bonds is 7. The third-order valence-electron chi connectivity index (χ3n) is 10.2. The summed E-state index contributed by atoms with van der Waals surface area (Å²) in [6, 6.07) is 14.0. The Hall–Kier alpha value is -3.69. The van der Waals surface area contributed by atoms with E-state index in [1.54, 1.807) is 11.3 Å². The number of aromatic amines is 1. The highest BCUT2D eigenvalue weighted by Gasteiger charge is 2.37. The molecule has 230 valence electrons. The second-order valence-corrected chi connectivity index (χ2v) is 14.1. The molecule has 2 fully saturated rings. The minimum Gasteiger partial charge on any atom is -0.336 e. The van der Waals surface area contributed by atoms with E-state index in [0.717, 1.165) is 51.8 Å². The maximum atomic E-state index is 13.8. The highest BCUT2D eigenvalue weighted by molar-refractivity contribution is 7.16. The zero-order valence-electron chi connectivity index (χ0n) is 26.2. The Morgan fingerprint density at radius 1 is 1.02 bits per heavy atom. The minimum atomic E-state index is -0.0995. The van der Waals surface area contributed by atoms with Gasteiger partial charge in [0.25, 0.3) is 11.5 Å². The molecule has 8 nitrogen and oxygen atoms in total. The molecule has 3 aromatic heterocycles. The Kier molecular flexibility index (Phi) is 7.70. The van der Waals surface area contributed by atoms with E-state index in [9.17, 15) is 9.59 Å². The first-order valence-corrected chi connectivity index (χ1v) is 16.8. The minimum absolute atomic E-state index is 0.0337. The summed E-state index contributed by atoms with van der Waals surface area (Å²) in [5.74, 6) is 0.572. The quantitative estimate of drug-likeness (QED) is 0.273. The molecule has 44 heavy (non-hydrogen) atoms. The molecule has 1 saturated heterocycles. The molecule has 0 radical (unpaired) electrons. The molecule has 9 heteroatoms. The third-order valence-corrected chi connectivity index (χ3v) is 11.6. The summed E-state index contributed by atoms with van der Waals surface area (Å²) in [4.78, 5) is 37.4. The second kappa shape index (κ2) is 11.7. The van der Waals surface area contributed by atoms with Gasteiger partial charge in [-0.2, -0.15) is 5.10 Å². The van der Waals surface area contributed by atoms with Crippen LogP contribution in [0.3, 0.4) is 0 Å². The summed E-state index contributed by atoms with van der Waals surface area (Å²) in [5, 5.41) is 5.57. The zero-order chi connectivity index (χ0) is 30.5. The first-order valence-electron chi connectivity index (χ1n) is 15.9. The fourth-order valence-corrected chi connectivity index (χ4v) is 8.96. The Labute approximate surface area is 263 Å². The van der Waals surface area contributed by atoms with E-state index in [1.165, 1.54) is 36.9 Å². The molecule has 1 aliphatic carbocycles. The number of pyridine rings is 1. The fourth-order valence-electron chi connectivity index (χ4n) is 7.70. The van der Waals surface area contributed by atoms with Gasteiger partial charge in [-0.1, -0.05) is 18.2 Å². The van der Waals surface area contributed by atoms with Gasteiger partial charge in [0, 0.05) is 73.4 Å². The van der Waals surface area contributed by atoms with Crippen molar-refractivity contribution in [2.45, 2.75) is 77.4 Å². The number of hydrogen-bond acceptors (Lipinski definition) is 6. The molecule has 0 unspecified atom stereocenters. The molecule has 0 atom stereocenters. The van der Waals surface area contributed by atoms with E-state index in [2.05, 4.69) is 69.0 Å². The third kappa shape index (κ3) is 5.20. The van der Waals surface area contributed by atoms with E-state index in [4.69, 9.17) is 0 Å². The standard InChI is InChI=1S/C35H42N6O2S/c1-22-18-23(2)37-33(42)29(22)21-39-17-14-31-32(34(39)43)24(3)35(44-31)38(4)30-9-6-5-8-28(30)25-10-12-26(13-11-25)40-19-27(20-40)41-16-7-15-36-41/h5-9,15-16,18,25-27H,10-14,17,19-21H2,1-4H3,(H,37,42). The number of amides is 1. The number of anilines is 2. The number of nitrogens with one attached hydrogen (secondary N) is 1. The van der Waals surface area contributed by atoms with Gasteiger partial charge in [-0.05, 0) is 87.3 Å². The monoisotopic (exact) mass is 610 g/mol. The molecule has 0 bridgehead atoms. The number of H-pyrrole nitrogens is 1. The van der Waals surface area contributed by atoms with Crippen molar-refractivity contribution in [3.8, 4) is 0 Å². The van der Waals surface area contributed by atoms with Gasteiger partial charge in [0.15, 0.2) is 0 Å². The van der Waals surface area contributed by atoms with E-state index in [-0.39, 0.29) is 11.5 Å². The molecule has 2 aliphatic heterocycles. The average molecular weight is 611 g/mol. The number of carbonyl (C=O) groups is 1. The van der Waals surface area contributed by atoms with Crippen molar-refractivity contribution < 1.29 is 4.79 Å². The summed E-state index contributed by atoms with van der Waals surface area (Å²) < 4.78 is 2.11. The van der Waals surface area contributed by atoms with E-state index < -0.39 is 0 Å². The van der Waals surface area contributed by atoms with Crippen molar-refractivity contribution in [1.29, 1.82) is 0 Å². The largest absolute Gasteiger partial charge is 0.336 e. The molecule has 7 rings (SSSR count). The number of hydrogen-bond donors (Lipinski definition) is 1. The van der Waals surface area contributed by atoms with Crippen LogP contribution in [-0.2, 0) is 13.0 Å². The number of fused-ring (bicyclic) bond motifs is 1. The first-order chi connectivity index (χ1) is 21.3. The summed E-state index contributed by atoms with van der Waals surface area (Å²) in [6.45, 7) is 9.11. The predicted octanol–water partition coefficient (Wildman–Crippen LogP) is 6.11. The van der Waals surface area contributed by atoms with E-state index in [0.29, 0.717) is 36.7 Å². The normalized spacial score (nSPS) is 20.9. The number of carbonyl (C=O) groups excluding carboxylic acids is 1. The van der Waals surface area contributed by atoms with Gasteiger partial charge in [0.2, 0.25) is 0 Å². The number of aromatic nitrogens is 3. The molecule has 1 amide bonds. The zero-order valence-corrected chi connectivity index (χ0v) is 27.0. The lowest BCUT2D eigenvalue weighted by Crippen LogP contribution is -2.53. The van der Waals surface area contributed by atoms with Gasteiger partial charge in [-0.3, -0.25) is 19.2 Å². The van der Waals surface area contributed by atoms with Gasteiger partial charge in [-0.15, -0.1) is 11.3 Å². The molecular formula is C35H42N6O2S. The highest BCUT2D eigenvalue weighted by atomic mass is 32.1. The molecule has 1 aromatic carbocycles. The number of thiophene rings is 1. The molecular weight excluding hydrogens is 568 g/mol. The Morgan fingerprint density at radius 3 is 2.52 bits per heavy atom. The smallest absolute Gasteiger partial charge is 0.255 e. The average Bonchev–Trinajstić information content (AvgIpc) is 3.64. The van der Waals surface area contributed by atoms with Gasteiger partial charge in [-0.25, -0.2) is 0 Å². The molecule has 1 saturated carbocycles. The van der Waals surface area contributed by atoms with Crippen LogP contribution in [0.4, 0.5) is 10.7 Å². The van der Waals surface area contributed by atoms with Crippen molar-refractivity contribution in [3.05, 3.63) is 97.5 Å². The summed E-state index contributed by atoms with van der Waals surface area (Å²) in [7, 11) is 2.15. The van der Waals surface area contributed by atoms with E-state index >= 15 is 0 Å². The van der Waals surface area contributed by atoms with Crippen molar-refractivity contribution in [2.75, 3.05) is 31.6 Å². The maximum absolute atomic E-state index is 13.8. The van der Waals surface area contributed by atoms with Crippen LogP contribution < -0.4 is 10.5 Å². The van der Waals surface area contributed by atoms with Crippen LogP contribution in [0.2, 0.25) is 0 Å². The number of nitrogens with zero attached hydrogens (tertiary/aromatic N) is 5. The Balaban J connectivity index is 1.05. The van der Waals surface area contributed by atoms with Crippen LogP contribution in [0, 0.1) is 20.8 Å². The second-order valence-electron chi connectivity index (χ2n) is 13.0. The van der Waals surface area contributed by atoms with Crippen molar-refractivity contribution in [2.24, 2.45) is 0 Å². The lowest BCUT2D eigenvalue weighted by Gasteiger charge is -2.46. The van der Waals surface area contributed by atoms with Gasteiger partial charge >= 0.3 is 0 Å². The summed E-state index contributed by atoms with van der Waals surface area (Å²) in [5.41, 5.74) is 6.87. The highest BCUT2D eigenvalue weighted by Crippen LogP contribution is 2.45. The SMILES string of the molecule is Cc1cc(C)c(CN2CCc3sc(N(C)c4ccccc4C4CCC(N5CC(n6cccn6)C5)CC4)c(C)c3C2=O)c(=O)[nH]1. The van der Waals surface area contributed by atoms with Gasteiger partial charge < -0.3 is 14.8 Å². The lowest BCUT2D eigenvalue weighted by molar-refractivity contribution is 0.0334. The van der Waals surface area contributed by atoms with Gasteiger partial charge in [0.1, 0.15) is 0 Å².